The Bertz CT molecular complexity index is 4770. The lowest BCUT2D eigenvalue weighted by atomic mass is 9.70. The molecule has 9 aliphatic rings. The standard InChI is InChI=1S/C116H176O20S4/c1-17-21-25-29-33-37-41-45-49-53-85-89-69-94(102(73-97(89)129-13)134-138(123,124)78-114-62-58-82(66-106(114)118)110(114,7)8)87(55-51-47-43-39-35-31-27-23-19-3)91-71-96(104(75-99(91)131-15)136-140(127,128)80-116-64-60-84(68-108(116)120)112(116,11)12)88(56-52-48-44-40-36-32-28-24-20-4)92-72-95(103(76-100(92)132-16)135-139(125,126)79-115-63-59-83(67-107(115)119)111(115,9)10)86(54-50-46-42-38-34-30-26-22-18-2)90-70-93(85)101(74-98(90)130-14)133-137(121,122)77-113-61-57-81(65-105(113)117)109(113,5)6/h69-76,81-88H,17-68,77-80H2,1-16H3/t81-,82-,83-,84-,85-,86-,87-,88-,113-,114-,115-,116-/m1/s1. The molecular formula is C116H176O20S4. The van der Waals surface area contributed by atoms with Crippen molar-refractivity contribution in [3.63, 3.8) is 0 Å². The van der Waals surface area contributed by atoms with Crippen LogP contribution in [0.2, 0.25) is 0 Å². The maximum atomic E-state index is 16.2. The molecule has 0 N–H and O–H groups in total. The summed E-state index contributed by atoms with van der Waals surface area (Å²) in [4.78, 5) is 59.0. The van der Waals surface area contributed by atoms with Crippen LogP contribution in [0.5, 0.6) is 46.0 Å². The smallest absolute Gasteiger partial charge is 0.310 e. The van der Waals surface area contributed by atoms with Crippen molar-refractivity contribution in [3.05, 3.63) is 93.0 Å². The molecule has 0 radical (unpaired) electrons. The highest BCUT2D eigenvalue weighted by Gasteiger charge is 2.70. The topological polar surface area (TPSA) is 279 Å². The maximum Gasteiger partial charge on any atom is 0.310 e. The number of hydrogen-bond donors (Lipinski definition) is 0. The van der Waals surface area contributed by atoms with Crippen LogP contribution in [0, 0.1) is 67.0 Å². The molecule has 0 heterocycles. The quantitative estimate of drug-likeness (QED) is 0.0293. The third-order valence-corrected chi connectivity index (χ3v) is 43.1. The summed E-state index contributed by atoms with van der Waals surface area (Å²) >= 11 is 0. The number of methoxy groups -OCH3 is 4. The van der Waals surface area contributed by atoms with Crippen molar-refractivity contribution in [2.45, 2.75) is 441 Å². The van der Waals surface area contributed by atoms with Gasteiger partial charge in [0, 0.05) is 118 Å². The van der Waals surface area contributed by atoms with E-state index in [0.717, 1.165) is 205 Å². The van der Waals surface area contributed by atoms with E-state index in [9.17, 15) is 19.2 Å². The van der Waals surface area contributed by atoms with Crippen LogP contribution in [0.4, 0.5) is 0 Å². The van der Waals surface area contributed by atoms with Crippen LogP contribution in [-0.2, 0) is 59.7 Å². The van der Waals surface area contributed by atoms with Crippen LogP contribution in [0.3, 0.4) is 0 Å². The Morgan fingerprint density at radius 3 is 0.536 bits per heavy atom. The molecule has 784 valence electrons. The fourth-order valence-electron chi connectivity index (χ4n) is 28.4. The molecule has 0 aliphatic heterocycles. The Morgan fingerprint density at radius 1 is 0.236 bits per heavy atom. The minimum atomic E-state index is -4.78. The number of ether oxygens (including phenoxy) is 4. The molecule has 0 aromatic heterocycles. The van der Waals surface area contributed by atoms with Crippen molar-refractivity contribution >= 4 is 63.6 Å². The van der Waals surface area contributed by atoms with Crippen molar-refractivity contribution in [2.75, 3.05) is 51.5 Å². The summed E-state index contributed by atoms with van der Waals surface area (Å²) in [5, 5.41) is 0. The molecule has 0 amide bonds. The SMILES string of the molecule is CCCCCCCCCCC[C@@H]1c2cc(c(OS(=O)(=O)C[C@]34CC[C@H](CC3=O)C4(C)C)cc2OC)[C@H](CCCCCCCCCCC)c2cc(c(OS(=O)(=O)C[C@]34CC[C@H](CC3=O)C4(C)C)cc2OC)[C@H](CCCCCCCCCCC)c2cc(c(OS(=O)(=O)C[C@]34CC[C@H](CC3=O)C4(C)C)cc2OC)[C@H](CCCCCCCCCCC)c2cc1c(OS(=O)(=O)C[C@]13CC[C@H](CC1=O)C3(C)C)cc2OC. The lowest BCUT2D eigenvalue weighted by Crippen LogP contribution is -2.43. The Labute approximate surface area is 844 Å². The summed E-state index contributed by atoms with van der Waals surface area (Å²) in [7, 11) is -13.0. The van der Waals surface area contributed by atoms with Crippen LogP contribution in [0.1, 0.15) is 485 Å². The molecule has 0 spiro atoms. The molecule has 20 nitrogen and oxygen atoms in total. The number of fused-ring (bicyclic) bond motifs is 16. The molecule has 0 unspecified atom stereocenters. The number of carbonyl (C=O) groups is 4. The van der Waals surface area contributed by atoms with E-state index in [1.807, 2.05) is 79.7 Å². The van der Waals surface area contributed by atoms with Gasteiger partial charge in [0.15, 0.2) is 0 Å². The van der Waals surface area contributed by atoms with E-state index in [1.54, 1.807) is 24.3 Å². The van der Waals surface area contributed by atoms with E-state index in [0.29, 0.717) is 147 Å². The summed E-state index contributed by atoms with van der Waals surface area (Å²) in [6, 6.07) is 14.5. The molecule has 9 aliphatic carbocycles. The molecule has 16 bridgehead atoms. The van der Waals surface area contributed by atoms with E-state index in [4.69, 9.17) is 35.7 Å². The van der Waals surface area contributed by atoms with Gasteiger partial charge in [-0.25, -0.2) is 0 Å². The van der Waals surface area contributed by atoms with Gasteiger partial charge in [-0.15, -0.1) is 0 Å². The molecule has 4 aromatic rings. The van der Waals surface area contributed by atoms with Crippen molar-refractivity contribution in [2.24, 2.45) is 67.0 Å². The first-order valence-corrected chi connectivity index (χ1v) is 61.6. The van der Waals surface area contributed by atoms with Gasteiger partial charge in [0.05, 0.1) is 73.1 Å². The van der Waals surface area contributed by atoms with Crippen LogP contribution < -0.4 is 35.7 Å². The number of carbonyl (C=O) groups excluding carboxylic acids is 4. The second kappa shape index (κ2) is 46.9. The average molecular weight is 2020 g/mol. The number of hydrogen-bond acceptors (Lipinski definition) is 20. The van der Waals surface area contributed by atoms with Crippen LogP contribution in [0.25, 0.3) is 0 Å². The van der Waals surface area contributed by atoms with Crippen molar-refractivity contribution in [1.29, 1.82) is 0 Å². The molecular weight excluding hydrogens is 1840 g/mol. The van der Waals surface area contributed by atoms with Crippen LogP contribution >= 0.6 is 0 Å². The molecule has 140 heavy (non-hydrogen) atoms. The first-order chi connectivity index (χ1) is 66.6. The lowest BCUT2D eigenvalue weighted by molar-refractivity contribution is -0.128. The minimum absolute atomic E-state index is 0.0289. The molecule has 8 fully saturated rings. The van der Waals surface area contributed by atoms with E-state index in [2.05, 4.69) is 27.7 Å². The number of Topliss-reactive ketones (excluding diaryl/α,β-unsaturated/α-hetero) is 4. The van der Waals surface area contributed by atoms with E-state index in [1.165, 1.54) is 28.4 Å². The van der Waals surface area contributed by atoms with E-state index >= 15 is 33.7 Å². The fourth-order valence-corrected chi connectivity index (χ4v) is 35.4. The maximum absolute atomic E-state index is 16.2. The molecule has 12 atom stereocenters. The van der Waals surface area contributed by atoms with Gasteiger partial charge < -0.3 is 35.7 Å². The van der Waals surface area contributed by atoms with Gasteiger partial charge in [-0.05, 0) is 147 Å². The Morgan fingerprint density at radius 2 is 0.393 bits per heavy atom. The molecule has 8 saturated carbocycles. The zero-order valence-electron chi connectivity index (χ0n) is 88.6. The first kappa shape index (κ1) is 111. The zero-order chi connectivity index (χ0) is 101. The summed E-state index contributed by atoms with van der Waals surface area (Å²) in [6.45, 7) is 24.9. The van der Waals surface area contributed by atoms with Crippen molar-refractivity contribution in [1.82, 2.24) is 0 Å². The fraction of sp³-hybridized carbons (Fsp3) is 0.759. The van der Waals surface area contributed by atoms with Crippen molar-refractivity contribution < 1.29 is 88.5 Å². The molecule has 4 aromatic carbocycles. The second-order valence-corrected chi connectivity index (χ2v) is 53.3. The van der Waals surface area contributed by atoms with Gasteiger partial charge in [-0.3, -0.25) is 19.2 Å². The predicted molar refractivity (Wildman–Crippen MR) is 559 cm³/mol. The lowest BCUT2D eigenvalue weighted by Gasteiger charge is -2.36. The van der Waals surface area contributed by atoms with Gasteiger partial charge in [0.25, 0.3) is 0 Å². The summed E-state index contributed by atoms with van der Waals surface area (Å²) in [5.41, 5.74) is -4.17. The highest BCUT2D eigenvalue weighted by Crippen LogP contribution is 2.69. The van der Waals surface area contributed by atoms with E-state index in [-0.39, 0.29) is 118 Å². The zero-order valence-corrected chi connectivity index (χ0v) is 91.9. The number of unbranched alkanes of at least 4 members (excludes halogenated alkanes) is 32. The number of benzene rings is 4. The highest BCUT2D eigenvalue weighted by atomic mass is 32.2. The molecule has 13 rings (SSSR count). The van der Waals surface area contributed by atoms with Gasteiger partial charge in [0.1, 0.15) is 69.1 Å². The van der Waals surface area contributed by atoms with E-state index < -0.39 is 130 Å². The monoisotopic (exact) mass is 2020 g/mol. The highest BCUT2D eigenvalue weighted by molar-refractivity contribution is 7.88. The summed E-state index contributed by atoms with van der Waals surface area (Å²) < 4.78 is 185. The minimum Gasteiger partial charge on any atom is -0.496 e. The van der Waals surface area contributed by atoms with Crippen LogP contribution in [-0.4, -0.2) is 108 Å². The van der Waals surface area contributed by atoms with Gasteiger partial charge in [-0.2, -0.15) is 33.7 Å². The van der Waals surface area contributed by atoms with Gasteiger partial charge in [0.2, 0.25) is 0 Å². The Balaban J connectivity index is 1.15. The van der Waals surface area contributed by atoms with Gasteiger partial charge in [-0.1, -0.05) is 314 Å². The Kier molecular flexibility index (Phi) is 37.1. The largest absolute Gasteiger partial charge is 0.496 e. The first-order valence-electron chi connectivity index (χ1n) is 55.3. The Hall–Kier alpha value is -6.24. The number of ketones is 4. The number of rotatable bonds is 60. The normalized spacial score (nSPS) is 26.1. The summed E-state index contributed by atoms with van der Waals surface area (Å²) in [5.74, 6) is -6.08. The third kappa shape index (κ3) is 23.5. The van der Waals surface area contributed by atoms with Gasteiger partial charge >= 0.3 is 40.5 Å². The third-order valence-electron chi connectivity index (χ3n) is 38.0. The molecule has 0 saturated heterocycles. The van der Waals surface area contributed by atoms with Crippen LogP contribution in [0.15, 0.2) is 48.5 Å². The summed E-state index contributed by atoms with van der Waals surface area (Å²) in [6.07, 6.45) is 41.4. The molecule has 24 heteroatoms. The average Bonchev–Trinajstić information content (AvgIpc) is 1.56. The van der Waals surface area contributed by atoms with Crippen molar-refractivity contribution in [3.8, 4) is 46.0 Å². The second-order valence-electron chi connectivity index (χ2n) is 47.0. The predicted octanol–water partition coefficient (Wildman–Crippen LogP) is 28.7.